The molecule has 0 bridgehead atoms. The first-order valence-electron chi connectivity index (χ1n) is 7.75. The number of phenols is 1. The molecule has 0 saturated heterocycles. The molecule has 118 valence electrons. The molecule has 0 heterocycles. The topological polar surface area (TPSA) is 23.5 Å². The lowest BCUT2D eigenvalue weighted by atomic mass is 9.91. The van der Waals surface area contributed by atoms with Gasteiger partial charge in [0.1, 0.15) is 5.75 Å². The van der Waals surface area contributed by atoms with Crippen molar-refractivity contribution in [3.05, 3.63) is 64.7 Å². The molecule has 0 aromatic heterocycles. The van der Waals surface area contributed by atoms with Crippen molar-refractivity contribution >= 4 is 11.6 Å². The van der Waals surface area contributed by atoms with Crippen LogP contribution in [0.2, 0.25) is 5.02 Å². The fraction of sp³-hybridized carbons (Fsp3) is 0.368. The van der Waals surface area contributed by atoms with Crippen LogP contribution in [-0.2, 0) is 6.54 Å². The Labute approximate surface area is 138 Å². The van der Waals surface area contributed by atoms with Crippen molar-refractivity contribution in [1.29, 1.82) is 0 Å². The van der Waals surface area contributed by atoms with E-state index in [2.05, 4.69) is 56.1 Å². The van der Waals surface area contributed by atoms with Gasteiger partial charge in [0.05, 0.1) is 5.02 Å². The molecule has 2 rings (SSSR count). The third-order valence-electron chi connectivity index (χ3n) is 4.24. The molecule has 2 unspecified atom stereocenters. The van der Waals surface area contributed by atoms with Crippen molar-refractivity contribution in [2.75, 3.05) is 7.05 Å². The van der Waals surface area contributed by atoms with Crippen LogP contribution < -0.4 is 0 Å². The molecule has 0 aliphatic rings. The average molecular weight is 318 g/mol. The Hall–Kier alpha value is -1.51. The Bertz CT molecular complexity index is 600. The summed E-state index contributed by atoms with van der Waals surface area (Å²) in [6.07, 6.45) is 1.13. The van der Waals surface area contributed by atoms with Gasteiger partial charge in [0.2, 0.25) is 0 Å². The summed E-state index contributed by atoms with van der Waals surface area (Å²) >= 11 is 6.02. The lowest BCUT2D eigenvalue weighted by Gasteiger charge is -2.33. The van der Waals surface area contributed by atoms with Gasteiger partial charge in [-0.25, -0.2) is 0 Å². The summed E-state index contributed by atoms with van der Waals surface area (Å²) in [6.45, 7) is 5.31. The monoisotopic (exact) mass is 317 g/mol. The molecule has 0 fully saturated rings. The van der Waals surface area contributed by atoms with Crippen molar-refractivity contribution in [2.24, 2.45) is 5.92 Å². The number of phenolic OH excluding ortho intramolecular Hbond substituents is 1. The minimum absolute atomic E-state index is 0.134. The van der Waals surface area contributed by atoms with Crippen LogP contribution in [0.25, 0.3) is 0 Å². The maximum Gasteiger partial charge on any atom is 0.134 e. The van der Waals surface area contributed by atoms with E-state index >= 15 is 0 Å². The fourth-order valence-electron chi connectivity index (χ4n) is 2.93. The number of rotatable bonds is 6. The summed E-state index contributed by atoms with van der Waals surface area (Å²) in [7, 11) is 2.14. The molecule has 2 atom stereocenters. The zero-order valence-corrected chi connectivity index (χ0v) is 14.2. The van der Waals surface area contributed by atoms with Gasteiger partial charge in [0.15, 0.2) is 0 Å². The van der Waals surface area contributed by atoms with Gasteiger partial charge in [-0.3, -0.25) is 4.90 Å². The molecule has 0 aliphatic heterocycles. The SMILES string of the molecule is CCC(C)C(c1ccccc1)N(C)Cc1ccc(O)c(Cl)c1. The third kappa shape index (κ3) is 4.02. The van der Waals surface area contributed by atoms with Crippen LogP contribution >= 0.6 is 11.6 Å². The zero-order chi connectivity index (χ0) is 16.1. The third-order valence-corrected chi connectivity index (χ3v) is 4.55. The second-order valence-corrected chi connectivity index (χ2v) is 6.35. The van der Waals surface area contributed by atoms with Crippen LogP contribution in [0.4, 0.5) is 0 Å². The molecule has 3 heteroatoms. The molecule has 2 aromatic rings. The highest BCUT2D eigenvalue weighted by Gasteiger charge is 2.22. The maximum atomic E-state index is 9.55. The molecule has 0 amide bonds. The number of hydrogen-bond donors (Lipinski definition) is 1. The highest BCUT2D eigenvalue weighted by Crippen LogP contribution is 2.31. The van der Waals surface area contributed by atoms with Gasteiger partial charge in [-0.15, -0.1) is 0 Å². The van der Waals surface area contributed by atoms with Crippen molar-refractivity contribution in [2.45, 2.75) is 32.9 Å². The summed E-state index contributed by atoms with van der Waals surface area (Å²) in [4.78, 5) is 2.35. The van der Waals surface area contributed by atoms with Crippen molar-refractivity contribution in [3.8, 4) is 5.75 Å². The molecule has 0 spiro atoms. The highest BCUT2D eigenvalue weighted by molar-refractivity contribution is 6.32. The lowest BCUT2D eigenvalue weighted by molar-refractivity contribution is 0.174. The van der Waals surface area contributed by atoms with Crippen LogP contribution in [-0.4, -0.2) is 17.1 Å². The maximum absolute atomic E-state index is 9.55. The smallest absolute Gasteiger partial charge is 0.134 e. The molecular formula is C19H24ClNO. The molecule has 0 aliphatic carbocycles. The van der Waals surface area contributed by atoms with Gasteiger partial charge >= 0.3 is 0 Å². The van der Waals surface area contributed by atoms with Gasteiger partial charge in [-0.1, -0.05) is 68.3 Å². The second-order valence-electron chi connectivity index (χ2n) is 5.94. The van der Waals surface area contributed by atoms with Crippen LogP contribution in [0.15, 0.2) is 48.5 Å². The molecule has 2 aromatic carbocycles. The Morgan fingerprint density at radius 3 is 2.41 bits per heavy atom. The summed E-state index contributed by atoms with van der Waals surface area (Å²) in [5.74, 6) is 0.689. The van der Waals surface area contributed by atoms with E-state index in [9.17, 15) is 5.11 Å². The number of halogens is 1. The predicted molar refractivity (Wildman–Crippen MR) is 93.2 cm³/mol. The number of aromatic hydroxyl groups is 1. The summed E-state index contributed by atoms with van der Waals surface area (Å²) in [5, 5.41) is 9.95. The lowest BCUT2D eigenvalue weighted by Crippen LogP contribution is -2.29. The van der Waals surface area contributed by atoms with E-state index in [0.29, 0.717) is 17.0 Å². The van der Waals surface area contributed by atoms with E-state index in [1.54, 1.807) is 6.07 Å². The molecular weight excluding hydrogens is 294 g/mol. The van der Waals surface area contributed by atoms with Gasteiger partial charge in [0.25, 0.3) is 0 Å². The standard InChI is InChI=1S/C19H24ClNO/c1-4-14(2)19(16-8-6-5-7-9-16)21(3)13-15-10-11-18(22)17(20)12-15/h5-12,14,19,22H,4,13H2,1-3H3. The molecule has 0 saturated carbocycles. The normalized spacial score (nSPS) is 14.0. The van der Waals surface area contributed by atoms with E-state index in [-0.39, 0.29) is 5.75 Å². The van der Waals surface area contributed by atoms with Gasteiger partial charge in [-0.05, 0) is 36.2 Å². The van der Waals surface area contributed by atoms with Crippen LogP contribution in [0.5, 0.6) is 5.75 Å². The fourth-order valence-corrected chi connectivity index (χ4v) is 3.13. The van der Waals surface area contributed by atoms with Crippen molar-refractivity contribution in [3.63, 3.8) is 0 Å². The van der Waals surface area contributed by atoms with E-state index in [0.717, 1.165) is 18.5 Å². The number of benzene rings is 2. The molecule has 22 heavy (non-hydrogen) atoms. The Kier molecular flexibility index (Phi) is 5.87. The Balaban J connectivity index is 2.22. The molecule has 0 radical (unpaired) electrons. The highest BCUT2D eigenvalue weighted by atomic mass is 35.5. The van der Waals surface area contributed by atoms with Crippen LogP contribution in [0.1, 0.15) is 37.4 Å². The van der Waals surface area contributed by atoms with Crippen LogP contribution in [0, 0.1) is 5.92 Å². The quantitative estimate of drug-likeness (QED) is 0.785. The minimum Gasteiger partial charge on any atom is -0.506 e. The largest absolute Gasteiger partial charge is 0.506 e. The van der Waals surface area contributed by atoms with E-state index < -0.39 is 0 Å². The summed E-state index contributed by atoms with van der Waals surface area (Å²) in [5.41, 5.74) is 2.44. The summed E-state index contributed by atoms with van der Waals surface area (Å²) in [6, 6.07) is 16.4. The Morgan fingerprint density at radius 2 is 1.82 bits per heavy atom. The number of hydrogen-bond acceptors (Lipinski definition) is 2. The zero-order valence-electron chi connectivity index (χ0n) is 13.5. The van der Waals surface area contributed by atoms with Crippen molar-refractivity contribution < 1.29 is 5.11 Å². The average Bonchev–Trinajstić information content (AvgIpc) is 2.52. The van der Waals surface area contributed by atoms with Crippen molar-refractivity contribution in [1.82, 2.24) is 4.90 Å². The molecule has 2 nitrogen and oxygen atoms in total. The van der Waals surface area contributed by atoms with Gasteiger partial charge in [0, 0.05) is 12.6 Å². The van der Waals surface area contributed by atoms with Crippen LogP contribution in [0.3, 0.4) is 0 Å². The Morgan fingerprint density at radius 1 is 1.14 bits per heavy atom. The minimum atomic E-state index is 0.134. The first kappa shape index (κ1) is 16.9. The van der Waals surface area contributed by atoms with E-state index in [4.69, 9.17) is 11.6 Å². The summed E-state index contributed by atoms with van der Waals surface area (Å²) < 4.78 is 0. The van der Waals surface area contributed by atoms with Gasteiger partial charge in [-0.2, -0.15) is 0 Å². The van der Waals surface area contributed by atoms with E-state index in [1.165, 1.54) is 5.56 Å². The second kappa shape index (κ2) is 7.66. The first-order chi connectivity index (χ1) is 10.5. The van der Waals surface area contributed by atoms with Gasteiger partial charge < -0.3 is 5.11 Å². The first-order valence-corrected chi connectivity index (χ1v) is 8.13. The predicted octanol–water partition coefficient (Wildman–Crippen LogP) is 5.26. The van der Waals surface area contributed by atoms with E-state index in [1.807, 2.05) is 12.1 Å². The number of nitrogens with zero attached hydrogens (tertiary/aromatic N) is 1. The molecule has 1 N–H and O–H groups in total.